The van der Waals surface area contributed by atoms with Gasteiger partial charge in [0, 0.05) is 17.4 Å². The molecule has 1 atom stereocenters. The van der Waals surface area contributed by atoms with Crippen LogP contribution in [0, 0.1) is 6.92 Å². The summed E-state index contributed by atoms with van der Waals surface area (Å²) < 4.78 is 2.25. The number of aromatic nitrogens is 1. The molecule has 0 bridgehead atoms. The molecular formula is C18H18N4S. The number of para-hydroxylation sites is 1. The number of thiocarbonyl (C=S) groups is 1. The van der Waals surface area contributed by atoms with Crippen molar-refractivity contribution >= 4 is 33.9 Å². The fraction of sp³-hybridized carbons (Fsp3) is 0.167. The number of aryl methyl sites for hydroxylation is 1. The van der Waals surface area contributed by atoms with E-state index in [2.05, 4.69) is 88.0 Å². The molecule has 1 unspecified atom stereocenters. The van der Waals surface area contributed by atoms with Gasteiger partial charge in [0.25, 0.3) is 0 Å². The molecule has 116 valence electrons. The van der Waals surface area contributed by atoms with Crippen LogP contribution in [0.2, 0.25) is 0 Å². The molecule has 0 saturated carbocycles. The Morgan fingerprint density at radius 1 is 1.04 bits per heavy atom. The van der Waals surface area contributed by atoms with Gasteiger partial charge in [0.2, 0.25) is 0 Å². The molecule has 4 nitrogen and oxygen atoms in total. The summed E-state index contributed by atoms with van der Waals surface area (Å²) in [4.78, 5) is 2.13. The first-order valence-electron chi connectivity index (χ1n) is 7.68. The van der Waals surface area contributed by atoms with Crippen molar-refractivity contribution in [2.45, 2.75) is 19.6 Å². The maximum atomic E-state index is 5.47. The van der Waals surface area contributed by atoms with E-state index >= 15 is 0 Å². The highest BCUT2D eigenvalue weighted by atomic mass is 32.1. The molecule has 1 fully saturated rings. The highest BCUT2D eigenvalue weighted by molar-refractivity contribution is 7.80. The molecule has 1 saturated heterocycles. The number of hydrogen-bond donors (Lipinski definition) is 2. The smallest absolute Gasteiger partial charge is 0.189 e. The molecule has 2 heterocycles. The SMILES string of the molecule is Cc1ccc(N2C(=S)NNC2Cn2ccc3ccccc32)cc1. The third kappa shape index (κ3) is 2.58. The second kappa shape index (κ2) is 5.68. The Morgan fingerprint density at radius 2 is 1.83 bits per heavy atom. The normalized spacial score (nSPS) is 17.7. The van der Waals surface area contributed by atoms with E-state index in [0.717, 1.165) is 12.2 Å². The van der Waals surface area contributed by atoms with Gasteiger partial charge >= 0.3 is 0 Å². The van der Waals surface area contributed by atoms with Gasteiger partial charge < -0.3 is 4.57 Å². The first kappa shape index (κ1) is 14.2. The zero-order valence-corrected chi connectivity index (χ0v) is 13.7. The molecule has 3 aromatic rings. The predicted octanol–water partition coefficient (Wildman–Crippen LogP) is 3.18. The van der Waals surface area contributed by atoms with Crippen LogP contribution in [0.25, 0.3) is 10.9 Å². The van der Waals surface area contributed by atoms with Crippen molar-refractivity contribution < 1.29 is 0 Å². The van der Waals surface area contributed by atoms with Gasteiger partial charge in [0.05, 0.1) is 6.54 Å². The van der Waals surface area contributed by atoms with Crippen molar-refractivity contribution in [2.24, 2.45) is 0 Å². The molecule has 2 N–H and O–H groups in total. The summed E-state index contributed by atoms with van der Waals surface area (Å²) in [6, 6.07) is 19.0. The molecular weight excluding hydrogens is 304 g/mol. The zero-order valence-electron chi connectivity index (χ0n) is 12.9. The number of rotatable bonds is 3. The number of hydrogen-bond acceptors (Lipinski definition) is 2. The van der Waals surface area contributed by atoms with Crippen molar-refractivity contribution in [2.75, 3.05) is 4.90 Å². The molecule has 0 amide bonds. The van der Waals surface area contributed by atoms with Crippen molar-refractivity contribution in [1.82, 2.24) is 15.4 Å². The largest absolute Gasteiger partial charge is 0.344 e. The van der Waals surface area contributed by atoms with E-state index in [-0.39, 0.29) is 6.17 Å². The van der Waals surface area contributed by atoms with E-state index < -0.39 is 0 Å². The van der Waals surface area contributed by atoms with Crippen LogP contribution in [0.1, 0.15) is 5.56 Å². The van der Waals surface area contributed by atoms with Gasteiger partial charge in [-0.1, -0.05) is 35.9 Å². The van der Waals surface area contributed by atoms with Gasteiger partial charge in [-0.25, -0.2) is 5.43 Å². The summed E-state index contributed by atoms with van der Waals surface area (Å²) in [5.74, 6) is 0. The van der Waals surface area contributed by atoms with Crippen LogP contribution in [-0.4, -0.2) is 15.8 Å². The highest BCUT2D eigenvalue weighted by Crippen LogP contribution is 2.22. The topological polar surface area (TPSA) is 32.2 Å². The Labute approximate surface area is 140 Å². The van der Waals surface area contributed by atoms with Crippen LogP contribution < -0.4 is 15.8 Å². The molecule has 1 aliphatic heterocycles. The molecule has 0 radical (unpaired) electrons. The molecule has 1 aliphatic rings. The number of fused-ring (bicyclic) bond motifs is 1. The lowest BCUT2D eigenvalue weighted by atomic mass is 10.2. The van der Waals surface area contributed by atoms with Crippen LogP contribution in [0.4, 0.5) is 5.69 Å². The van der Waals surface area contributed by atoms with E-state index in [1.807, 2.05) is 0 Å². The second-order valence-electron chi connectivity index (χ2n) is 5.82. The fourth-order valence-electron chi connectivity index (χ4n) is 3.03. The third-order valence-electron chi connectivity index (χ3n) is 4.24. The maximum Gasteiger partial charge on any atom is 0.189 e. The second-order valence-corrected chi connectivity index (χ2v) is 6.21. The number of benzene rings is 2. The fourth-order valence-corrected chi connectivity index (χ4v) is 3.32. The summed E-state index contributed by atoms with van der Waals surface area (Å²) in [5.41, 5.74) is 9.95. The number of anilines is 1. The Bertz CT molecular complexity index is 853. The molecule has 23 heavy (non-hydrogen) atoms. The number of nitrogens with zero attached hydrogens (tertiary/aromatic N) is 2. The molecule has 0 aliphatic carbocycles. The summed E-state index contributed by atoms with van der Waals surface area (Å²) in [6.07, 6.45) is 2.20. The van der Waals surface area contributed by atoms with E-state index in [1.54, 1.807) is 0 Å². The van der Waals surface area contributed by atoms with Crippen LogP contribution in [0.15, 0.2) is 60.8 Å². The van der Waals surface area contributed by atoms with Crippen LogP contribution in [0.3, 0.4) is 0 Å². The number of hydrazine groups is 1. The summed E-state index contributed by atoms with van der Waals surface area (Å²) >= 11 is 5.47. The van der Waals surface area contributed by atoms with Crippen molar-refractivity contribution in [3.05, 3.63) is 66.4 Å². The average molecular weight is 322 g/mol. The Balaban J connectivity index is 1.65. The van der Waals surface area contributed by atoms with E-state index in [0.29, 0.717) is 5.11 Å². The Kier molecular flexibility index (Phi) is 3.52. The Hall–Kier alpha value is -2.37. The van der Waals surface area contributed by atoms with E-state index in [9.17, 15) is 0 Å². The lowest BCUT2D eigenvalue weighted by molar-refractivity contribution is 0.490. The predicted molar refractivity (Wildman–Crippen MR) is 98.3 cm³/mol. The lowest BCUT2D eigenvalue weighted by Crippen LogP contribution is -2.40. The summed E-state index contributed by atoms with van der Waals surface area (Å²) in [6.45, 7) is 2.89. The van der Waals surface area contributed by atoms with Gasteiger partial charge in [-0.3, -0.25) is 10.3 Å². The minimum absolute atomic E-state index is 0.0704. The van der Waals surface area contributed by atoms with Crippen LogP contribution >= 0.6 is 12.2 Å². The minimum atomic E-state index is 0.0704. The van der Waals surface area contributed by atoms with Gasteiger partial charge in [0.15, 0.2) is 5.11 Å². The minimum Gasteiger partial charge on any atom is -0.344 e. The van der Waals surface area contributed by atoms with Gasteiger partial charge in [0.1, 0.15) is 6.17 Å². The third-order valence-corrected chi connectivity index (χ3v) is 4.54. The molecule has 5 heteroatoms. The molecule has 4 rings (SSSR count). The monoisotopic (exact) mass is 322 g/mol. The van der Waals surface area contributed by atoms with E-state index in [1.165, 1.54) is 16.5 Å². The number of nitrogens with one attached hydrogen (secondary N) is 2. The summed E-state index contributed by atoms with van der Waals surface area (Å²) in [5, 5.41) is 1.96. The van der Waals surface area contributed by atoms with Crippen LogP contribution in [-0.2, 0) is 6.54 Å². The van der Waals surface area contributed by atoms with Crippen molar-refractivity contribution in [1.29, 1.82) is 0 Å². The van der Waals surface area contributed by atoms with Gasteiger partial charge in [-0.2, -0.15) is 0 Å². The maximum absolute atomic E-state index is 5.47. The Morgan fingerprint density at radius 3 is 2.65 bits per heavy atom. The van der Waals surface area contributed by atoms with E-state index in [4.69, 9.17) is 12.2 Å². The summed E-state index contributed by atoms with van der Waals surface area (Å²) in [7, 11) is 0. The molecule has 2 aromatic carbocycles. The van der Waals surface area contributed by atoms with Crippen LogP contribution in [0.5, 0.6) is 0 Å². The van der Waals surface area contributed by atoms with Crippen molar-refractivity contribution in [3.63, 3.8) is 0 Å². The lowest BCUT2D eigenvalue weighted by Gasteiger charge is -2.25. The first-order chi connectivity index (χ1) is 11.2. The zero-order chi connectivity index (χ0) is 15.8. The van der Waals surface area contributed by atoms with Gasteiger partial charge in [-0.15, -0.1) is 0 Å². The quantitative estimate of drug-likeness (QED) is 0.726. The molecule has 0 spiro atoms. The van der Waals surface area contributed by atoms with Crippen molar-refractivity contribution in [3.8, 4) is 0 Å². The highest BCUT2D eigenvalue weighted by Gasteiger charge is 2.29. The average Bonchev–Trinajstić information content (AvgIpc) is 3.13. The standard InChI is InChI=1S/C18H18N4S/c1-13-6-8-15(9-7-13)22-17(19-20-18(22)23)12-21-11-10-14-4-2-3-5-16(14)21/h2-11,17,19H,12H2,1H3,(H,20,23). The van der Waals surface area contributed by atoms with Gasteiger partial charge in [-0.05, 0) is 48.8 Å². The molecule has 1 aromatic heterocycles. The first-order valence-corrected chi connectivity index (χ1v) is 8.08.